The molecular weight excluding hydrogens is 379 g/mol. The number of aryl methyl sites for hydroxylation is 2. The Bertz CT molecular complexity index is 846. The van der Waals surface area contributed by atoms with E-state index in [2.05, 4.69) is 9.82 Å². The molecule has 0 saturated heterocycles. The van der Waals surface area contributed by atoms with Gasteiger partial charge in [0.1, 0.15) is 0 Å². The highest BCUT2D eigenvalue weighted by Crippen LogP contribution is 2.35. The Labute approximate surface area is 148 Å². The van der Waals surface area contributed by atoms with Crippen LogP contribution in [0.4, 0.5) is 13.2 Å². The Hall–Kier alpha value is -1.58. The zero-order valence-electron chi connectivity index (χ0n) is 13.6. The van der Waals surface area contributed by atoms with E-state index in [0.29, 0.717) is 0 Å². The van der Waals surface area contributed by atoms with Gasteiger partial charge in [-0.2, -0.15) is 18.3 Å². The molecule has 0 unspecified atom stereocenters. The minimum absolute atomic E-state index is 0.0640. The van der Waals surface area contributed by atoms with Crippen LogP contribution in [-0.2, 0) is 22.7 Å². The molecule has 5 nitrogen and oxygen atoms in total. The van der Waals surface area contributed by atoms with Gasteiger partial charge in [-0.1, -0.05) is 29.3 Å². The van der Waals surface area contributed by atoms with Gasteiger partial charge in [-0.15, -0.1) is 0 Å². The number of halogens is 4. The second-order valence-electron chi connectivity index (χ2n) is 5.53. The van der Waals surface area contributed by atoms with E-state index in [4.69, 9.17) is 11.6 Å². The average molecular weight is 396 g/mol. The summed E-state index contributed by atoms with van der Waals surface area (Å²) in [6.45, 7) is 3.45. The predicted octanol–water partition coefficient (Wildman–Crippen LogP) is 3.54. The second kappa shape index (κ2) is 7.35. The molecule has 1 N–H and O–H groups in total. The summed E-state index contributed by atoms with van der Waals surface area (Å²) in [5.74, 6) is 0. The zero-order chi connectivity index (χ0) is 18.8. The minimum Gasteiger partial charge on any atom is -0.268 e. The molecule has 0 aliphatic rings. The minimum atomic E-state index is -4.62. The van der Waals surface area contributed by atoms with Crippen molar-refractivity contribution in [3.8, 4) is 0 Å². The quantitative estimate of drug-likeness (QED) is 0.761. The Morgan fingerprint density at radius 3 is 2.32 bits per heavy atom. The molecule has 0 saturated carbocycles. The normalized spacial score (nSPS) is 12.6. The highest BCUT2D eigenvalue weighted by Gasteiger charge is 2.38. The van der Waals surface area contributed by atoms with Crippen LogP contribution >= 0.6 is 11.6 Å². The molecule has 138 valence electrons. The van der Waals surface area contributed by atoms with Crippen molar-refractivity contribution in [2.75, 3.05) is 6.54 Å². The molecule has 1 aromatic heterocycles. The number of sulfonamides is 1. The van der Waals surface area contributed by atoms with Crippen molar-refractivity contribution in [1.29, 1.82) is 0 Å². The zero-order valence-corrected chi connectivity index (χ0v) is 15.1. The fourth-order valence-corrected chi connectivity index (χ4v) is 3.48. The van der Waals surface area contributed by atoms with Gasteiger partial charge in [0.05, 0.1) is 15.6 Å². The van der Waals surface area contributed by atoms with Crippen molar-refractivity contribution in [2.45, 2.75) is 37.9 Å². The molecule has 1 aromatic carbocycles. The van der Waals surface area contributed by atoms with Gasteiger partial charge in [-0.3, -0.25) is 4.68 Å². The van der Waals surface area contributed by atoms with Crippen molar-refractivity contribution >= 4 is 21.6 Å². The number of alkyl halides is 3. The molecule has 0 radical (unpaired) electrons. The molecular formula is C15H17ClF3N3O2S. The smallest absolute Gasteiger partial charge is 0.268 e. The van der Waals surface area contributed by atoms with Gasteiger partial charge >= 0.3 is 6.18 Å². The van der Waals surface area contributed by atoms with Crippen molar-refractivity contribution in [3.63, 3.8) is 0 Å². The molecule has 0 atom stereocenters. The van der Waals surface area contributed by atoms with Crippen LogP contribution in [0.2, 0.25) is 5.02 Å². The summed E-state index contributed by atoms with van der Waals surface area (Å²) in [4.78, 5) is 0.135. The standard InChI is InChI=1S/C15H17ClF3N3O2S/c1-10-4-6-12(7-5-10)25(23,24)20-8-3-9-22-11(2)13(16)14(21-22)15(17,18)19/h4-7,20H,3,8-9H2,1-2H3. The number of hydrogen-bond acceptors (Lipinski definition) is 3. The van der Waals surface area contributed by atoms with Crippen LogP contribution in [0.15, 0.2) is 29.2 Å². The lowest BCUT2D eigenvalue weighted by Gasteiger charge is -2.08. The van der Waals surface area contributed by atoms with Crippen LogP contribution in [0.1, 0.15) is 23.4 Å². The predicted molar refractivity (Wildman–Crippen MR) is 88.0 cm³/mol. The molecule has 2 aromatic rings. The van der Waals surface area contributed by atoms with Crippen LogP contribution in [0.5, 0.6) is 0 Å². The van der Waals surface area contributed by atoms with Crippen molar-refractivity contribution in [2.24, 2.45) is 0 Å². The van der Waals surface area contributed by atoms with Crippen molar-refractivity contribution < 1.29 is 21.6 Å². The first kappa shape index (κ1) is 19.7. The lowest BCUT2D eigenvalue weighted by Crippen LogP contribution is -2.25. The summed E-state index contributed by atoms with van der Waals surface area (Å²) < 4.78 is 66.0. The Morgan fingerprint density at radius 1 is 1.20 bits per heavy atom. The third kappa shape index (κ3) is 4.74. The summed E-state index contributed by atoms with van der Waals surface area (Å²) >= 11 is 5.66. The van der Waals surface area contributed by atoms with Crippen molar-refractivity contribution in [3.05, 3.63) is 46.2 Å². The van der Waals surface area contributed by atoms with Crippen LogP contribution in [-0.4, -0.2) is 24.7 Å². The maximum absolute atomic E-state index is 12.8. The molecule has 2 rings (SSSR count). The van der Waals surface area contributed by atoms with E-state index in [1.165, 1.54) is 19.1 Å². The lowest BCUT2D eigenvalue weighted by molar-refractivity contribution is -0.141. The molecule has 25 heavy (non-hydrogen) atoms. The molecule has 10 heteroatoms. The van der Waals surface area contributed by atoms with Gasteiger partial charge in [-0.25, -0.2) is 13.1 Å². The van der Waals surface area contributed by atoms with E-state index in [9.17, 15) is 21.6 Å². The molecule has 0 aliphatic carbocycles. The number of benzene rings is 1. The molecule has 0 fully saturated rings. The fraction of sp³-hybridized carbons (Fsp3) is 0.400. The van der Waals surface area contributed by atoms with Gasteiger partial charge in [0.25, 0.3) is 0 Å². The molecule has 0 amide bonds. The summed E-state index contributed by atoms with van der Waals surface area (Å²) in [7, 11) is -3.65. The average Bonchev–Trinajstić information content (AvgIpc) is 2.80. The third-order valence-corrected chi connectivity index (χ3v) is 5.50. The maximum Gasteiger partial charge on any atom is 0.436 e. The first-order valence-corrected chi connectivity index (χ1v) is 9.25. The SMILES string of the molecule is Cc1ccc(S(=O)(=O)NCCCn2nc(C(F)(F)F)c(Cl)c2C)cc1. The van der Waals surface area contributed by atoms with Crippen molar-refractivity contribution in [1.82, 2.24) is 14.5 Å². The van der Waals surface area contributed by atoms with Gasteiger partial charge < -0.3 is 0 Å². The topological polar surface area (TPSA) is 64.0 Å². The number of aromatic nitrogens is 2. The molecule has 0 spiro atoms. The van der Waals surface area contributed by atoms with E-state index in [0.717, 1.165) is 10.2 Å². The Morgan fingerprint density at radius 2 is 1.80 bits per heavy atom. The van der Waals surface area contributed by atoms with Gasteiger partial charge in [0.15, 0.2) is 5.69 Å². The van der Waals surface area contributed by atoms with E-state index in [-0.39, 0.29) is 30.1 Å². The summed E-state index contributed by atoms with van der Waals surface area (Å²) in [6.07, 6.45) is -4.36. The Kier molecular flexibility index (Phi) is 5.80. The molecule has 1 heterocycles. The van der Waals surface area contributed by atoms with Crippen LogP contribution in [0.25, 0.3) is 0 Å². The highest BCUT2D eigenvalue weighted by molar-refractivity contribution is 7.89. The van der Waals surface area contributed by atoms with E-state index in [1.807, 2.05) is 6.92 Å². The van der Waals surface area contributed by atoms with Crippen LogP contribution in [0.3, 0.4) is 0 Å². The second-order valence-corrected chi connectivity index (χ2v) is 7.68. The number of nitrogens with zero attached hydrogens (tertiary/aromatic N) is 2. The first-order valence-electron chi connectivity index (χ1n) is 7.39. The fourth-order valence-electron chi connectivity index (χ4n) is 2.16. The monoisotopic (exact) mass is 395 g/mol. The number of rotatable bonds is 6. The lowest BCUT2D eigenvalue weighted by atomic mass is 10.2. The highest BCUT2D eigenvalue weighted by atomic mass is 35.5. The largest absolute Gasteiger partial charge is 0.436 e. The third-order valence-electron chi connectivity index (χ3n) is 3.57. The molecule has 0 aliphatic heterocycles. The van der Waals surface area contributed by atoms with Crippen LogP contribution < -0.4 is 4.72 Å². The summed E-state index contributed by atoms with van der Waals surface area (Å²) in [5, 5.41) is 3.03. The van der Waals surface area contributed by atoms with E-state index in [1.54, 1.807) is 12.1 Å². The van der Waals surface area contributed by atoms with Crippen LogP contribution in [0, 0.1) is 13.8 Å². The number of hydrogen-bond donors (Lipinski definition) is 1. The van der Waals surface area contributed by atoms with Gasteiger partial charge in [0, 0.05) is 13.1 Å². The Balaban J connectivity index is 1.96. The summed E-state index contributed by atoms with van der Waals surface area (Å²) in [5.41, 5.74) is -0.00672. The number of nitrogens with one attached hydrogen (secondary N) is 1. The van der Waals surface area contributed by atoms with Gasteiger partial charge in [-0.05, 0) is 32.4 Å². The first-order chi connectivity index (χ1) is 11.5. The summed E-state index contributed by atoms with van der Waals surface area (Å²) in [6, 6.07) is 6.35. The molecule has 0 bridgehead atoms. The van der Waals surface area contributed by atoms with Gasteiger partial charge in [0.2, 0.25) is 10.0 Å². The van der Waals surface area contributed by atoms with E-state index >= 15 is 0 Å². The van der Waals surface area contributed by atoms with E-state index < -0.39 is 26.9 Å². The maximum atomic E-state index is 12.8.